The molecule has 3 aromatic heterocycles. The first-order chi connectivity index (χ1) is 22.6. The van der Waals surface area contributed by atoms with Gasteiger partial charge in [0, 0.05) is 52.4 Å². The number of hydrogen-bond acceptors (Lipinski definition) is 6. The molecule has 0 bridgehead atoms. The smallest absolute Gasteiger partial charge is 0.320 e. The first-order valence-corrected chi connectivity index (χ1v) is 15.4. The van der Waals surface area contributed by atoms with Crippen LogP contribution in [0.3, 0.4) is 0 Å². The van der Waals surface area contributed by atoms with E-state index in [1.807, 2.05) is 39.0 Å². The van der Waals surface area contributed by atoms with Gasteiger partial charge in [-0.3, -0.25) is 19.7 Å². The lowest BCUT2D eigenvalue weighted by Gasteiger charge is -2.07. The van der Waals surface area contributed by atoms with Crippen molar-refractivity contribution in [2.45, 2.75) is 66.5 Å². The maximum atomic E-state index is 11.2. The number of nitro groups is 1. The van der Waals surface area contributed by atoms with Gasteiger partial charge in [0.1, 0.15) is 12.1 Å². The number of carbonyl (C=O) groups is 2. The fourth-order valence-electron chi connectivity index (χ4n) is 5.90. The van der Waals surface area contributed by atoms with E-state index in [9.17, 15) is 19.7 Å². The van der Waals surface area contributed by atoms with Crippen molar-refractivity contribution in [1.82, 2.24) is 15.0 Å². The predicted molar refractivity (Wildman–Crippen MR) is 189 cm³/mol. The number of hydrogen-bond donors (Lipinski definition) is 7. The van der Waals surface area contributed by atoms with Crippen LogP contribution in [0.2, 0.25) is 0 Å². The third-order valence-electron chi connectivity index (χ3n) is 8.50. The van der Waals surface area contributed by atoms with E-state index in [4.69, 9.17) is 21.7 Å². The van der Waals surface area contributed by atoms with Crippen LogP contribution in [0.1, 0.15) is 44.9 Å². The summed E-state index contributed by atoms with van der Waals surface area (Å²) in [5.74, 6) is -2.10. The van der Waals surface area contributed by atoms with E-state index in [-0.39, 0.29) is 12.1 Å². The maximum Gasteiger partial charge on any atom is 0.320 e. The average Bonchev–Trinajstić information content (AvgIpc) is 3.67. The fraction of sp³-hybridized carbons (Fsp3) is 0.278. The lowest BCUT2D eigenvalue weighted by Crippen LogP contribution is -2.32. The number of nitro benzene ring substituents is 1. The van der Waals surface area contributed by atoms with Gasteiger partial charge >= 0.3 is 11.9 Å². The van der Waals surface area contributed by atoms with E-state index in [1.54, 1.807) is 13.0 Å². The fourth-order valence-corrected chi connectivity index (χ4v) is 5.90. The van der Waals surface area contributed by atoms with Crippen LogP contribution in [-0.2, 0) is 22.4 Å². The summed E-state index contributed by atoms with van der Waals surface area (Å²) in [5, 5.41) is 31.7. The van der Waals surface area contributed by atoms with E-state index >= 15 is 0 Å². The maximum absolute atomic E-state index is 11.2. The zero-order valence-electron chi connectivity index (χ0n) is 27.9. The summed E-state index contributed by atoms with van der Waals surface area (Å²) in [5.41, 5.74) is 21.9. The Morgan fingerprint density at radius 3 is 1.83 bits per heavy atom. The number of benzene rings is 3. The Bertz CT molecular complexity index is 2140. The van der Waals surface area contributed by atoms with Gasteiger partial charge in [-0.1, -0.05) is 42.5 Å². The molecule has 0 saturated heterocycles. The Labute approximate surface area is 277 Å². The molecule has 2 atom stereocenters. The molecule has 6 aromatic rings. The van der Waals surface area contributed by atoms with Crippen molar-refractivity contribution >= 4 is 50.3 Å². The highest BCUT2D eigenvalue weighted by Crippen LogP contribution is 2.33. The predicted octanol–water partition coefficient (Wildman–Crippen LogP) is 6.17. The van der Waals surface area contributed by atoms with Crippen molar-refractivity contribution in [3.63, 3.8) is 0 Å². The molecule has 0 aliphatic carbocycles. The molecule has 0 aliphatic rings. The molecular weight excluding hydrogens is 612 g/mol. The number of non-ortho nitro benzene ring substituents is 1. The highest BCUT2D eigenvalue weighted by molar-refractivity contribution is 5.95. The lowest BCUT2D eigenvalue weighted by atomic mass is 10.0. The number of carboxylic acids is 2. The average molecular weight is 655 g/mol. The summed E-state index contributed by atoms with van der Waals surface area (Å²) in [6, 6.07) is 15.7. The van der Waals surface area contributed by atoms with Gasteiger partial charge in [0.2, 0.25) is 0 Å². The summed E-state index contributed by atoms with van der Waals surface area (Å²) >= 11 is 0. The minimum Gasteiger partial charge on any atom is -0.480 e. The molecule has 0 saturated carbocycles. The van der Waals surface area contributed by atoms with Crippen LogP contribution in [0.5, 0.6) is 0 Å². The number of aryl methyl sites for hydroxylation is 6. The summed E-state index contributed by atoms with van der Waals surface area (Å²) in [7, 11) is 0. The summed E-state index contributed by atoms with van der Waals surface area (Å²) in [4.78, 5) is 42.1. The Hall–Kier alpha value is -5.46. The number of para-hydroxylation sites is 2. The van der Waals surface area contributed by atoms with Gasteiger partial charge in [-0.05, 0) is 80.8 Å². The van der Waals surface area contributed by atoms with Crippen molar-refractivity contribution in [3.8, 4) is 0 Å². The third kappa shape index (κ3) is 7.56. The van der Waals surface area contributed by atoms with Crippen LogP contribution in [0.25, 0.3) is 32.7 Å². The molecule has 0 radical (unpaired) electrons. The van der Waals surface area contributed by atoms with Crippen molar-refractivity contribution < 1.29 is 24.7 Å². The molecule has 9 N–H and O–H groups in total. The number of nitrogens with zero attached hydrogens (tertiary/aromatic N) is 1. The SMILES string of the molecule is Cc1[nH]c2c(C)ccc([N+](=O)[O-])c2c1CC(N)C(=O)O.Cc1[nH]c2c(C)cccc2c1CC(N)C(=O)O.Cc1cc2cccc(C)c2[nH]1. The molecular formula is C36H42N6O6. The molecule has 0 amide bonds. The van der Waals surface area contributed by atoms with E-state index in [0.29, 0.717) is 28.6 Å². The zero-order chi connectivity index (χ0) is 35.4. The monoisotopic (exact) mass is 654 g/mol. The summed E-state index contributed by atoms with van der Waals surface area (Å²) < 4.78 is 0. The number of nitrogens with two attached hydrogens (primary N) is 2. The molecule has 0 fully saturated rings. The topological polar surface area (TPSA) is 217 Å². The van der Waals surface area contributed by atoms with Crippen LogP contribution < -0.4 is 11.5 Å². The van der Waals surface area contributed by atoms with E-state index in [0.717, 1.165) is 33.3 Å². The van der Waals surface area contributed by atoms with E-state index in [1.165, 1.54) is 28.2 Å². The van der Waals surface area contributed by atoms with Gasteiger partial charge in [-0.15, -0.1) is 0 Å². The number of fused-ring (bicyclic) bond motifs is 3. The number of nitrogens with one attached hydrogen (secondary N) is 3. The van der Waals surface area contributed by atoms with Crippen molar-refractivity contribution in [2.75, 3.05) is 0 Å². The number of rotatable bonds is 7. The lowest BCUT2D eigenvalue weighted by molar-refractivity contribution is -0.383. The second-order valence-corrected chi connectivity index (χ2v) is 12.2. The number of H-pyrrole nitrogens is 3. The largest absolute Gasteiger partial charge is 0.480 e. The van der Waals surface area contributed by atoms with Gasteiger partial charge < -0.3 is 36.6 Å². The number of carboxylic acid groups (broad SMARTS) is 2. The first-order valence-electron chi connectivity index (χ1n) is 15.4. The van der Waals surface area contributed by atoms with Crippen LogP contribution in [-0.4, -0.2) is 54.1 Å². The molecule has 3 heterocycles. The zero-order valence-corrected chi connectivity index (χ0v) is 27.9. The molecule has 2 unspecified atom stereocenters. The summed E-state index contributed by atoms with van der Waals surface area (Å²) in [6.45, 7) is 11.8. The second kappa shape index (κ2) is 14.5. The highest BCUT2D eigenvalue weighted by Gasteiger charge is 2.24. The Morgan fingerprint density at radius 2 is 1.25 bits per heavy atom. The van der Waals surface area contributed by atoms with Crippen molar-refractivity contribution in [3.05, 3.63) is 110 Å². The van der Waals surface area contributed by atoms with Gasteiger partial charge in [-0.25, -0.2) is 0 Å². The van der Waals surface area contributed by atoms with Crippen molar-refractivity contribution in [1.29, 1.82) is 0 Å². The number of aromatic amines is 3. The molecule has 252 valence electrons. The Balaban J connectivity index is 0.000000169. The van der Waals surface area contributed by atoms with E-state index in [2.05, 4.69) is 53.1 Å². The van der Waals surface area contributed by atoms with Crippen LogP contribution in [0.4, 0.5) is 5.69 Å². The van der Waals surface area contributed by atoms with Gasteiger partial charge in [0.15, 0.2) is 0 Å². The van der Waals surface area contributed by atoms with Crippen LogP contribution in [0, 0.1) is 51.7 Å². The standard InChI is InChI=1S/C13H15N3O4.C13H16N2O2.C10H11N/c1-6-3-4-10(16(19)20)11-8(5-9(14)13(17)18)7(2)15-12(6)11;1-7-4-3-5-9-10(6-11(14)13(16)17)8(2)15-12(7)9;1-7-4-3-5-9-6-8(2)11-10(7)9/h3-4,9,15H,5,14H2,1-2H3,(H,17,18);3-5,11,15H,6,14H2,1-2H3,(H,16,17);3-6,11H,1-2H3. The second-order valence-electron chi connectivity index (χ2n) is 12.2. The molecule has 12 nitrogen and oxygen atoms in total. The van der Waals surface area contributed by atoms with Crippen LogP contribution in [0.15, 0.2) is 54.6 Å². The Morgan fingerprint density at radius 1 is 0.729 bits per heavy atom. The molecule has 0 spiro atoms. The van der Waals surface area contributed by atoms with E-state index < -0.39 is 28.9 Å². The highest BCUT2D eigenvalue weighted by atomic mass is 16.6. The minimum absolute atomic E-state index is 0.0393. The van der Waals surface area contributed by atoms with Crippen molar-refractivity contribution in [2.24, 2.45) is 11.5 Å². The number of aromatic nitrogens is 3. The molecule has 12 heteroatoms. The quantitative estimate of drug-likeness (QED) is 0.0778. The molecule has 0 aliphatic heterocycles. The summed E-state index contributed by atoms with van der Waals surface area (Å²) in [6.07, 6.45) is 0.399. The normalized spacial score (nSPS) is 12.2. The third-order valence-corrected chi connectivity index (χ3v) is 8.50. The first kappa shape index (κ1) is 35.4. The number of aliphatic carboxylic acids is 2. The van der Waals surface area contributed by atoms with Gasteiger partial charge in [0.25, 0.3) is 5.69 Å². The molecule has 6 rings (SSSR count). The molecule has 48 heavy (non-hydrogen) atoms. The molecule has 3 aromatic carbocycles. The van der Waals surface area contributed by atoms with Gasteiger partial charge in [-0.2, -0.15) is 0 Å². The van der Waals surface area contributed by atoms with Gasteiger partial charge in [0.05, 0.1) is 15.8 Å². The minimum atomic E-state index is -1.13. The van der Waals surface area contributed by atoms with Crippen LogP contribution >= 0.6 is 0 Å². The Kier molecular flexibility index (Phi) is 10.7.